The first-order chi connectivity index (χ1) is 11.7. The standard InChI is InChI=1S/C20H24FNOS/c1-23-19-4-2-3-5-20(19)24-18-11-14-22(15-12-18)13-10-16-6-8-17(21)9-7-16/h2-9,18H,10-15H2,1H3. The van der Waals surface area contributed by atoms with Crippen LogP contribution in [0.5, 0.6) is 5.75 Å². The van der Waals surface area contributed by atoms with Crippen LogP contribution in [0.15, 0.2) is 53.4 Å². The normalized spacial score (nSPS) is 16.2. The third-order valence-corrected chi connectivity index (χ3v) is 5.92. The summed E-state index contributed by atoms with van der Waals surface area (Å²) in [5.74, 6) is 0.814. The molecule has 24 heavy (non-hydrogen) atoms. The molecule has 1 aliphatic rings. The van der Waals surface area contributed by atoms with E-state index in [0.717, 1.165) is 31.8 Å². The average molecular weight is 345 g/mol. The van der Waals surface area contributed by atoms with Gasteiger partial charge in [0.1, 0.15) is 11.6 Å². The predicted molar refractivity (Wildman–Crippen MR) is 98.4 cm³/mol. The van der Waals surface area contributed by atoms with Gasteiger partial charge in [-0.25, -0.2) is 4.39 Å². The number of thioether (sulfide) groups is 1. The van der Waals surface area contributed by atoms with Gasteiger partial charge in [-0.1, -0.05) is 24.3 Å². The summed E-state index contributed by atoms with van der Waals surface area (Å²) in [6, 6.07) is 15.1. The summed E-state index contributed by atoms with van der Waals surface area (Å²) >= 11 is 1.94. The number of para-hydroxylation sites is 1. The molecule has 0 N–H and O–H groups in total. The lowest BCUT2D eigenvalue weighted by Crippen LogP contribution is -2.36. The number of hydrogen-bond donors (Lipinski definition) is 0. The number of ether oxygens (including phenoxy) is 1. The summed E-state index contributed by atoms with van der Waals surface area (Å²) in [4.78, 5) is 3.76. The first-order valence-corrected chi connectivity index (χ1v) is 9.39. The summed E-state index contributed by atoms with van der Waals surface area (Å²) in [6.45, 7) is 3.32. The number of likely N-dealkylation sites (tertiary alicyclic amines) is 1. The third kappa shape index (κ3) is 4.74. The first kappa shape index (κ1) is 17.3. The van der Waals surface area contributed by atoms with Crippen molar-refractivity contribution in [3.05, 3.63) is 59.9 Å². The number of hydrogen-bond acceptors (Lipinski definition) is 3. The van der Waals surface area contributed by atoms with Gasteiger partial charge >= 0.3 is 0 Å². The minimum absolute atomic E-state index is 0.159. The van der Waals surface area contributed by atoms with E-state index in [0.29, 0.717) is 5.25 Å². The molecule has 1 saturated heterocycles. The van der Waals surface area contributed by atoms with E-state index in [1.807, 2.05) is 36.0 Å². The predicted octanol–water partition coefficient (Wildman–Crippen LogP) is 4.63. The van der Waals surface area contributed by atoms with Gasteiger partial charge in [0, 0.05) is 16.7 Å². The van der Waals surface area contributed by atoms with Gasteiger partial charge in [0.05, 0.1) is 7.11 Å². The topological polar surface area (TPSA) is 12.5 Å². The van der Waals surface area contributed by atoms with Gasteiger partial charge in [-0.15, -0.1) is 11.8 Å². The molecule has 0 unspecified atom stereocenters. The lowest BCUT2D eigenvalue weighted by Gasteiger charge is -2.31. The molecule has 0 saturated carbocycles. The number of halogens is 1. The van der Waals surface area contributed by atoms with E-state index in [1.54, 1.807) is 19.2 Å². The molecule has 0 radical (unpaired) electrons. The lowest BCUT2D eigenvalue weighted by atomic mass is 10.1. The Hall–Kier alpha value is -1.52. The number of benzene rings is 2. The fourth-order valence-corrected chi connectivity index (χ4v) is 4.32. The fourth-order valence-electron chi connectivity index (χ4n) is 3.08. The molecule has 2 nitrogen and oxygen atoms in total. The van der Waals surface area contributed by atoms with Gasteiger partial charge in [-0.05, 0) is 62.2 Å². The maximum Gasteiger partial charge on any atom is 0.132 e. The van der Waals surface area contributed by atoms with Crippen LogP contribution in [0.2, 0.25) is 0 Å². The van der Waals surface area contributed by atoms with Gasteiger partial charge in [-0.2, -0.15) is 0 Å². The van der Waals surface area contributed by atoms with E-state index in [9.17, 15) is 4.39 Å². The summed E-state index contributed by atoms with van der Waals surface area (Å²) in [5.41, 5.74) is 1.21. The van der Waals surface area contributed by atoms with E-state index >= 15 is 0 Å². The number of rotatable bonds is 6. The van der Waals surface area contributed by atoms with Gasteiger partial charge in [0.15, 0.2) is 0 Å². The summed E-state index contributed by atoms with van der Waals surface area (Å²) in [6.07, 6.45) is 3.39. The summed E-state index contributed by atoms with van der Waals surface area (Å²) in [7, 11) is 1.73. The largest absolute Gasteiger partial charge is 0.496 e. The lowest BCUT2D eigenvalue weighted by molar-refractivity contribution is 0.235. The molecule has 1 fully saturated rings. The van der Waals surface area contributed by atoms with Crippen LogP contribution >= 0.6 is 11.8 Å². The maximum absolute atomic E-state index is 12.9. The highest BCUT2D eigenvalue weighted by molar-refractivity contribution is 8.00. The molecule has 0 spiro atoms. The van der Waals surface area contributed by atoms with Crippen molar-refractivity contribution in [2.24, 2.45) is 0 Å². The van der Waals surface area contributed by atoms with E-state index in [2.05, 4.69) is 17.0 Å². The van der Waals surface area contributed by atoms with Crippen molar-refractivity contribution in [1.82, 2.24) is 4.90 Å². The molecule has 128 valence electrons. The van der Waals surface area contributed by atoms with Crippen molar-refractivity contribution in [2.45, 2.75) is 29.4 Å². The molecule has 2 aromatic carbocycles. The SMILES string of the molecule is COc1ccccc1SC1CCN(CCc2ccc(F)cc2)CC1. The Bertz CT molecular complexity index is 638. The van der Waals surface area contributed by atoms with Crippen LogP contribution in [0.3, 0.4) is 0 Å². The van der Waals surface area contributed by atoms with Gasteiger partial charge in [0.2, 0.25) is 0 Å². The van der Waals surface area contributed by atoms with Crippen LogP contribution in [0.25, 0.3) is 0 Å². The second kappa shape index (κ2) is 8.54. The van der Waals surface area contributed by atoms with Crippen LogP contribution in [-0.4, -0.2) is 36.9 Å². The first-order valence-electron chi connectivity index (χ1n) is 8.51. The van der Waals surface area contributed by atoms with Gasteiger partial charge in [0.25, 0.3) is 0 Å². The maximum atomic E-state index is 12.9. The van der Waals surface area contributed by atoms with Crippen molar-refractivity contribution in [2.75, 3.05) is 26.7 Å². The van der Waals surface area contributed by atoms with Gasteiger partial charge < -0.3 is 9.64 Å². The van der Waals surface area contributed by atoms with Gasteiger partial charge in [-0.3, -0.25) is 0 Å². The molecule has 1 aliphatic heterocycles. The van der Waals surface area contributed by atoms with E-state index in [4.69, 9.17) is 4.74 Å². The van der Waals surface area contributed by atoms with Crippen molar-refractivity contribution in [3.63, 3.8) is 0 Å². The zero-order valence-electron chi connectivity index (χ0n) is 14.1. The minimum Gasteiger partial charge on any atom is -0.496 e. The molecule has 0 amide bonds. The molecule has 3 rings (SSSR count). The van der Waals surface area contributed by atoms with E-state index < -0.39 is 0 Å². The molecule has 2 aromatic rings. The highest BCUT2D eigenvalue weighted by Gasteiger charge is 2.20. The second-order valence-corrected chi connectivity index (χ2v) is 7.53. The Balaban J connectivity index is 1.44. The molecule has 0 bridgehead atoms. The van der Waals surface area contributed by atoms with E-state index in [-0.39, 0.29) is 5.82 Å². The molecule has 1 heterocycles. The van der Waals surface area contributed by atoms with Crippen LogP contribution in [0.4, 0.5) is 4.39 Å². The molecule has 0 aromatic heterocycles. The number of nitrogens with zero attached hydrogens (tertiary/aromatic N) is 1. The average Bonchev–Trinajstić information content (AvgIpc) is 2.63. The highest BCUT2D eigenvalue weighted by atomic mass is 32.2. The monoisotopic (exact) mass is 345 g/mol. The molecular formula is C20H24FNOS. The molecular weight excluding hydrogens is 321 g/mol. The smallest absolute Gasteiger partial charge is 0.132 e. The van der Waals surface area contributed by atoms with Crippen molar-refractivity contribution in [3.8, 4) is 5.75 Å². The van der Waals surface area contributed by atoms with E-state index in [1.165, 1.54) is 23.3 Å². The Morgan fingerprint density at radius 2 is 1.79 bits per heavy atom. The number of piperidine rings is 1. The second-order valence-electron chi connectivity index (χ2n) is 6.19. The van der Waals surface area contributed by atoms with Crippen molar-refractivity contribution in [1.29, 1.82) is 0 Å². The fraction of sp³-hybridized carbons (Fsp3) is 0.400. The molecule has 4 heteroatoms. The Kier molecular flexibility index (Phi) is 6.16. The zero-order valence-corrected chi connectivity index (χ0v) is 14.9. The molecule has 0 atom stereocenters. The summed E-state index contributed by atoms with van der Waals surface area (Å²) < 4.78 is 18.4. The number of methoxy groups -OCH3 is 1. The quantitative estimate of drug-likeness (QED) is 0.757. The third-order valence-electron chi connectivity index (χ3n) is 4.53. The van der Waals surface area contributed by atoms with Crippen molar-refractivity contribution >= 4 is 11.8 Å². The van der Waals surface area contributed by atoms with Crippen LogP contribution < -0.4 is 4.74 Å². The summed E-state index contributed by atoms with van der Waals surface area (Å²) in [5, 5.41) is 0.656. The van der Waals surface area contributed by atoms with Crippen molar-refractivity contribution < 1.29 is 9.13 Å². The van der Waals surface area contributed by atoms with Crippen LogP contribution in [-0.2, 0) is 6.42 Å². The Labute approximate surface area is 148 Å². The minimum atomic E-state index is -0.159. The molecule has 0 aliphatic carbocycles. The van der Waals surface area contributed by atoms with Crippen LogP contribution in [0.1, 0.15) is 18.4 Å². The Morgan fingerprint density at radius 1 is 1.08 bits per heavy atom. The highest BCUT2D eigenvalue weighted by Crippen LogP contribution is 2.35. The van der Waals surface area contributed by atoms with Crippen LogP contribution in [0, 0.1) is 5.82 Å². The Morgan fingerprint density at radius 3 is 2.50 bits per heavy atom. The zero-order chi connectivity index (χ0) is 16.8.